The molecule has 0 aromatic heterocycles. The van der Waals surface area contributed by atoms with Gasteiger partial charge in [0.2, 0.25) is 5.90 Å². The van der Waals surface area contributed by atoms with E-state index in [4.69, 9.17) is 9.73 Å². The zero-order chi connectivity index (χ0) is 19.6. The molecule has 4 heteroatoms. The highest BCUT2D eigenvalue weighted by Gasteiger charge is 2.35. The number of nitrogens with zero attached hydrogens (tertiary/aromatic N) is 2. The molecule has 4 rings (SSSR count). The Bertz CT molecular complexity index is 847. The van der Waals surface area contributed by atoms with Gasteiger partial charge in [-0.2, -0.15) is 0 Å². The highest BCUT2D eigenvalue weighted by molar-refractivity contribution is 5.96. The summed E-state index contributed by atoms with van der Waals surface area (Å²) in [5.41, 5.74) is 2.52. The van der Waals surface area contributed by atoms with Crippen LogP contribution in [0.4, 0.5) is 0 Å². The summed E-state index contributed by atoms with van der Waals surface area (Å²) in [6.07, 6.45) is 2.46. The van der Waals surface area contributed by atoms with Crippen molar-refractivity contribution in [3.05, 3.63) is 71.3 Å². The van der Waals surface area contributed by atoms with Crippen molar-refractivity contribution in [1.82, 2.24) is 4.90 Å². The fourth-order valence-corrected chi connectivity index (χ4v) is 4.29. The average molecular weight is 379 g/mol. The second kappa shape index (κ2) is 7.69. The number of benzene rings is 2. The molecule has 1 saturated heterocycles. The van der Waals surface area contributed by atoms with Gasteiger partial charge < -0.3 is 9.84 Å². The Labute approximate surface area is 167 Å². The molecule has 0 amide bonds. The molecule has 0 bridgehead atoms. The van der Waals surface area contributed by atoms with Crippen LogP contribution in [0.5, 0.6) is 0 Å². The summed E-state index contributed by atoms with van der Waals surface area (Å²) in [4.78, 5) is 7.11. The number of β-amino-alcohol motifs (C(OH)–C–C–N with tert-alkyl or cyclic N) is 1. The van der Waals surface area contributed by atoms with Gasteiger partial charge in [-0.05, 0) is 50.4 Å². The van der Waals surface area contributed by atoms with Crippen molar-refractivity contribution in [2.75, 3.05) is 19.7 Å². The molecule has 1 unspecified atom stereocenters. The molecular weight excluding hydrogens is 348 g/mol. The van der Waals surface area contributed by atoms with Crippen molar-refractivity contribution in [2.24, 2.45) is 4.99 Å². The third-order valence-electron chi connectivity index (χ3n) is 5.62. The zero-order valence-electron chi connectivity index (χ0n) is 16.9. The van der Waals surface area contributed by atoms with E-state index in [9.17, 15) is 5.11 Å². The minimum absolute atomic E-state index is 0.184. The molecule has 2 aromatic rings. The summed E-state index contributed by atoms with van der Waals surface area (Å²) in [6, 6.07) is 18.7. The van der Waals surface area contributed by atoms with Crippen molar-refractivity contribution in [2.45, 2.75) is 50.8 Å². The SMILES string of the molecule is CC1(C)COC(c2ccccc2CC2(O)CCCN(Cc3ccccc3)C2)=N1. The highest BCUT2D eigenvalue weighted by Crippen LogP contribution is 2.29. The van der Waals surface area contributed by atoms with E-state index in [1.54, 1.807) is 0 Å². The van der Waals surface area contributed by atoms with E-state index in [0.717, 1.165) is 37.1 Å². The van der Waals surface area contributed by atoms with Crippen LogP contribution in [0, 0.1) is 0 Å². The largest absolute Gasteiger partial charge is 0.475 e. The summed E-state index contributed by atoms with van der Waals surface area (Å²) >= 11 is 0. The number of hydrogen-bond acceptors (Lipinski definition) is 4. The molecule has 1 N–H and O–H groups in total. The lowest BCUT2D eigenvalue weighted by Crippen LogP contribution is -2.49. The third kappa shape index (κ3) is 4.45. The molecule has 2 heterocycles. The predicted octanol–water partition coefficient (Wildman–Crippen LogP) is 3.81. The Morgan fingerprint density at radius 2 is 1.82 bits per heavy atom. The van der Waals surface area contributed by atoms with Gasteiger partial charge in [0, 0.05) is 25.1 Å². The van der Waals surface area contributed by atoms with Crippen LogP contribution in [-0.2, 0) is 17.7 Å². The van der Waals surface area contributed by atoms with Gasteiger partial charge in [-0.3, -0.25) is 4.90 Å². The Morgan fingerprint density at radius 1 is 1.07 bits per heavy atom. The molecule has 1 atom stereocenters. The van der Waals surface area contributed by atoms with Crippen LogP contribution < -0.4 is 0 Å². The van der Waals surface area contributed by atoms with E-state index in [1.807, 2.05) is 18.2 Å². The summed E-state index contributed by atoms with van der Waals surface area (Å²) < 4.78 is 5.88. The number of aliphatic imine (C=N–C) groups is 1. The van der Waals surface area contributed by atoms with Gasteiger partial charge in [-0.25, -0.2) is 4.99 Å². The van der Waals surface area contributed by atoms with Gasteiger partial charge in [0.1, 0.15) is 6.61 Å². The number of aliphatic hydroxyl groups is 1. The quantitative estimate of drug-likeness (QED) is 0.860. The van der Waals surface area contributed by atoms with E-state index in [-0.39, 0.29) is 5.54 Å². The van der Waals surface area contributed by atoms with E-state index in [0.29, 0.717) is 25.5 Å². The molecule has 0 saturated carbocycles. The van der Waals surface area contributed by atoms with Crippen molar-refractivity contribution >= 4 is 5.90 Å². The number of piperidine rings is 1. The maximum atomic E-state index is 11.4. The van der Waals surface area contributed by atoms with Gasteiger partial charge >= 0.3 is 0 Å². The molecule has 148 valence electrons. The second-order valence-corrected chi connectivity index (χ2v) is 8.88. The second-order valence-electron chi connectivity index (χ2n) is 8.88. The van der Waals surface area contributed by atoms with Gasteiger partial charge in [-0.15, -0.1) is 0 Å². The van der Waals surface area contributed by atoms with E-state index >= 15 is 0 Å². The van der Waals surface area contributed by atoms with E-state index in [1.165, 1.54) is 5.56 Å². The van der Waals surface area contributed by atoms with Crippen molar-refractivity contribution < 1.29 is 9.84 Å². The van der Waals surface area contributed by atoms with Crippen LogP contribution in [0.15, 0.2) is 59.6 Å². The molecule has 0 aliphatic carbocycles. The lowest BCUT2D eigenvalue weighted by Gasteiger charge is -2.39. The van der Waals surface area contributed by atoms with Crippen LogP contribution in [0.1, 0.15) is 43.4 Å². The first-order valence-electron chi connectivity index (χ1n) is 10.2. The van der Waals surface area contributed by atoms with E-state index in [2.05, 4.69) is 55.1 Å². The minimum Gasteiger partial charge on any atom is -0.475 e. The van der Waals surface area contributed by atoms with Crippen molar-refractivity contribution in [3.8, 4) is 0 Å². The monoisotopic (exact) mass is 378 g/mol. The van der Waals surface area contributed by atoms with Crippen LogP contribution in [0.25, 0.3) is 0 Å². The van der Waals surface area contributed by atoms with Gasteiger partial charge in [0.15, 0.2) is 0 Å². The Morgan fingerprint density at radius 3 is 2.57 bits per heavy atom. The normalized spacial score (nSPS) is 24.6. The molecule has 0 radical (unpaired) electrons. The molecular formula is C24H30N2O2. The summed E-state index contributed by atoms with van der Waals surface area (Å²) in [5, 5.41) is 11.4. The van der Waals surface area contributed by atoms with E-state index < -0.39 is 5.60 Å². The lowest BCUT2D eigenvalue weighted by molar-refractivity contribution is -0.0327. The maximum absolute atomic E-state index is 11.4. The van der Waals surface area contributed by atoms with Gasteiger partial charge in [-0.1, -0.05) is 48.5 Å². The first-order chi connectivity index (χ1) is 13.4. The number of likely N-dealkylation sites (tertiary alicyclic amines) is 1. The smallest absolute Gasteiger partial charge is 0.217 e. The highest BCUT2D eigenvalue weighted by atomic mass is 16.5. The first-order valence-corrected chi connectivity index (χ1v) is 10.2. The summed E-state index contributed by atoms with van der Waals surface area (Å²) in [7, 11) is 0. The molecule has 1 fully saturated rings. The molecule has 2 aliphatic heterocycles. The maximum Gasteiger partial charge on any atom is 0.217 e. The minimum atomic E-state index is -0.724. The van der Waals surface area contributed by atoms with Crippen LogP contribution in [-0.4, -0.2) is 46.7 Å². The Kier molecular flexibility index (Phi) is 5.26. The molecule has 2 aliphatic rings. The van der Waals surface area contributed by atoms with Crippen LogP contribution >= 0.6 is 0 Å². The van der Waals surface area contributed by atoms with Crippen LogP contribution in [0.2, 0.25) is 0 Å². The molecule has 28 heavy (non-hydrogen) atoms. The Balaban J connectivity index is 1.51. The summed E-state index contributed by atoms with van der Waals surface area (Å²) in [5.74, 6) is 0.709. The zero-order valence-corrected chi connectivity index (χ0v) is 16.9. The molecule has 4 nitrogen and oxygen atoms in total. The predicted molar refractivity (Wildman–Crippen MR) is 113 cm³/mol. The molecule has 0 spiro atoms. The van der Waals surface area contributed by atoms with Crippen molar-refractivity contribution in [1.29, 1.82) is 0 Å². The number of hydrogen-bond donors (Lipinski definition) is 1. The fraction of sp³-hybridized carbons (Fsp3) is 0.458. The van der Waals surface area contributed by atoms with Gasteiger partial charge in [0.25, 0.3) is 0 Å². The lowest BCUT2D eigenvalue weighted by atomic mass is 9.85. The Hall–Kier alpha value is -2.17. The standard InChI is InChI=1S/C24H30N2O2/c1-23(2)18-28-22(25-23)21-12-7-6-11-20(21)15-24(27)13-8-14-26(17-24)16-19-9-4-3-5-10-19/h3-7,9-12,27H,8,13-18H2,1-2H3. The number of rotatable bonds is 5. The average Bonchev–Trinajstić information content (AvgIpc) is 3.02. The topological polar surface area (TPSA) is 45.1 Å². The fourth-order valence-electron chi connectivity index (χ4n) is 4.29. The first kappa shape index (κ1) is 19.2. The molecule has 2 aromatic carbocycles. The third-order valence-corrected chi connectivity index (χ3v) is 5.62. The van der Waals surface area contributed by atoms with Gasteiger partial charge in [0.05, 0.1) is 11.1 Å². The summed E-state index contributed by atoms with van der Waals surface area (Å²) in [6.45, 7) is 7.37. The van der Waals surface area contributed by atoms with Crippen molar-refractivity contribution in [3.63, 3.8) is 0 Å². The van der Waals surface area contributed by atoms with Crippen LogP contribution in [0.3, 0.4) is 0 Å². The number of ether oxygens (including phenoxy) is 1.